The molecule has 0 fully saturated rings. The predicted octanol–water partition coefficient (Wildman–Crippen LogP) is 5.44. The fraction of sp³-hybridized carbons (Fsp3) is 0.308. The van der Waals surface area contributed by atoms with Crippen LogP contribution in [0.5, 0.6) is 5.75 Å². The highest BCUT2D eigenvalue weighted by atomic mass is 32.1. The second-order valence-corrected chi connectivity index (χ2v) is 9.40. The minimum atomic E-state index is -0.684. The largest absolute Gasteiger partial charge is 0.494 e. The average molecular weight is 476 g/mol. The highest BCUT2D eigenvalue weighted by Gasteiger charge is 2.45. The Labute approximate surface area is 201 Å². The number of aryl methyl sites for hydroxylation is 2. The normalized spacial score (nSPS) is 15.2. The van der Waals surface area contributed by atoms with Crippen LogP contribution < -0.4 is 15.1 Å². The van der Waals surface area contributed by atoms with Crippen LogP contribution >= 0.6 is 11.3 Å². The van der Waals surface area contributed by atoms with E-state index in [4.69, 9.17) is 9.15 Å². The molecule has 5 rings (SSSR count). The van der Waals surface area contributed by atoms with Gasteiger partial charge in [-0.15, -0.1) is 10.2 Å². The Bertz CT molecular complexity index is 1440. The molecule has 1 aliphatic rings. The van der Waals surface area contributed by atoms with Crippen molar-refractivity contribution in [1.82, 2.24) is 10.2 Å². The molecular weight excluding hydrogens is 450 g/mol. The van der Waals surface area contributed by atoms with Crippen LogP contribution in [-0.4, -0.2) is 22.7 Å². The SMILES string of the molecule is CCCCOc1cccc(C2c3c(oc4ccc(C)cc4c3=O)C(=O)N2c2nnc(CC)s2)c1. The molecule has 1 aliphatic heterocycles. The van der Waals surface area contributed by atoms with E-state index in [1.54, 1.807) is 12.1 Å². The molecule has 7 nitrogen and oxygen atoms in total. The molecule has 0 spiro atoms. The van der Waals surface area contributed by atoms with Gasteiger partial charge in [0.1, 0.15) is 16.3 Å². The van der Waals surface area contributed by atoms with Crippen molar-refractivity contribution in [3.8, 4) is 5.75 Å². The molecular formula is C26H25N3O4S. The van der Waals surface area contributed by atoms with Gasteiger partial charge in [0.25, 0.3) is 5.91 Å². The van der Waals surface area contributed by atoms with Crippen LogP contribution in [0.4, 0.5) is 5.13 Å². The number of carbonyl (C=O) groups excluding carboxylic acids is 1. The molecule has 3 heterocycles. The Morgan fingerprint density at radius 1 is 1.12 bits per heavy atom. The summed E-state index contributed by atoms with van der Waals surface area (Å²) in [4.78, 5) is 28.9. The molecule has 8 heteroatoms. The van der Waals surface area contributed by atoms with Crippen molar-refractivity contribution in [3.05, 3.63) is 80.1 Å². The van der Waals surface area contributed by atoms with Gasteiger partial charge < -0.3 is 9.15 Å². The lowest BCUT2D eigenvalue weighted by molar-refractivity contribution is 0.0970. The van der Waals surface area contributed by atoms with E-state index in [2.05, 4.69) is 17.1 Å². The van der Waals surface area contributed by atoms with E-state index in [9.17, 15) is 9.59 Å². The van der Waals surface area contributed by atoms with Crippen molar-refractivity contribution < 1.29 is 13.9 Å². The fourth-order valence-electron chi connectivity index (χ4n) is 4.19. The van der Waals surface area contributed by atoms with E-state index >= 15 is 0 Å². The maximum Gasteiger partial charge on any atom is 0.297 e. The Kier molecular flexibility index (Phi) is 5.91. The van der Waals surface area contributed by atoms with E-state index < -0.39 is 11.9 Å². The zero-order valence-corrected chi connectivity index (χ0v) is 20.1. The molecule has 0 saturated carbocycles. The average Bonchev–Trinajstić information content (AvgIpc) is 3.43. The van der Waals surface area contributed by atoms with Crippen molar-refractivity contribution in [2.24, 2.45) is 0 Å². The Hall–Kier alpha value is -3.52. The van der Waals surface area contributed by atoms with E-state index in [0.29, 0.717) is 40.4 Å². The van der Waals surface area contributed by atoms with Crippen LogP contribution in [0.3, 0.4) is 0 Å². The first-order valence-corrected chi connectivity index (χ1v) is 12.3. The lowest BCUT2D eigenvalue weighted by Crippen LogP contribution is -2.29. The van der Waals surface area contributed by atoms with E-state index in [1.807, 2.05) is 44.2 Å². The van der Waals surface area contributed by atoms with Crippen LogP contribution in [0.25, 0.3) is 11.0 Å². The zero-order chi connectivity index (χ0) is 23.8. The smallest absolute Gasteiger partial charge is 0.297 e. The lowest BCUT2D eigenvalue weighted by atomic mass is 9.98. The molecule has 2 aromatic heterocycles. The number of unbranched alkanes of at least 4 members (excludes halogenated alkanes) is 1. The van der Waals surface area contributed by atoms with Crippen LogP contribution in [0.15, 0.2) is 51.7 Å². The molecule has 34 heavy (non-hydrogen) atoms. The molecule has 1 atom stereocenters. The van der Waals surface area contributed by atoms with E-state index in [1.165, 1.54) is 16.2 Å². The number of carbonyl (C=O) groups is 1. The van der Waals surface area contributed by atoms with Gasteiger partial charge in [-0.2, -0.15) is 0 Å². The van der Waals surface area contributed by atoms with Crippen LogP contribution in [0, 0.1) is 6.92 Å². The molecule has 174 valence electrons. The number of ether oxygens (including phenoxy) is 1. The van der Waals surface area contributed by atoms with Crippen LogP contribution in [-0.2, 0) is 6.42 Å². The van der Waals surface area contributed by atoms with Gasteiger partial charge in [-0.3, -0.25) is 14.5 Å². The van der Waals surface area contributed by atoms with Gasteiger partial charge in [-0.05, 0) is 49.6 Å². The third kappa shape index (κ3) is 3.77. The zero-order valence-electron chi connectivity index (χ0n) is 19.3. The summed E-state index contributed by atoms with van der Waals surface area (Å²) in [6.07, 6.45) is 2.68. The van der Waals surface area contributed by atoms with Crippen molar-refractivity contribution in [1.29, 1.82) is 0 Å². The lowest BCUT2D eigenvalue weighted by Gasteiger charge is -2.22. The second-order valence-electron chi connectivity index (χ2n) is 8.36. The predicted molar refractivity (Wildman–Crippen MR) is 132 cm³/mol. The molecule has 4 aromatic rings. The molecule has 1 amide bonds. The fourth-order valence-corrected chi connectivity index (χ4v) is 5.00. The number of hydrogen-bond donors (Lipinski definition) is 0. The van der Waals surface area contributed by atoms with Crippen molar-refractivity contribution in [3.63, 3.8) is 0 Å². The third-order valence-electron chi connectivity index (χ3n) is 5.93. The standard InChI is InChI=1S/C26H25N3O4S/c1-4-6-12-32-17-9-7-8-16(14-17)22-21-23(30)18-13-15(3)10-11-19(18)33-24(21)25(31)29(22)26-28-27-20(5-2)34-26/h7-11,13-14,22H,4-6,12H2,1-3H3. The first-order chi connectivity index (χ1) is 16.5. The molecule has 0 N–H and O–H groups in total. The van der Waals surface area contributed by atoms with Gasteiger partial charge in [0.05, 0.1) is 23.6 Å². The van der Waals surface area contributed by atoms with Gasteiger partial charge in [0.2, 0.25) is 10.9 Å². The molecule has 0 radical (unpaired) electrons. The summed E-state index contributed by atoms with van der Waals surface area (Å²) in [6.45, 7) is 6.62. The number of nitrogens with zero attached hydrogens (tertiary/aromatic N) is 3. The maximum atomic E-state index is 13.7. The number of fused-ring (bicyclic) bond motifs is 2. The Morgan fingerprint density at radius 2 is 1.97 bits per heavy atom. The highest BCUT2D eigenvalue weighted by molar-refractivity contribution is 7.15. The molecule has 2 aromatic carbocycles. The summed E-state index contributed by atoms with van der Waals surface area (Å²) >= 11 is 1.34. The summed E-state index contributed by atoms with van der Waals surface area (Å²) < 4.78 is 11.9. The summed E-state index contributed by atoms with van der Waals surface area (Å²) in [6, 6.07) is 12.3. The van der Waals surface area contributed by atoms with Crippen LogP contribution in [0.1, 0.15) is 65.0 Å². The van der Waals surface area contributed by atoms with Gasteiger partial charge >= 0.3 is 0 Å². The first-order valence-electron chi connectivity index (χ1n) is 11.5. The van der Waals surface area contributed by atoms with E-state index in [0.717, 1.165) is 29.0 Å². The Morgan fingerprint density at radius 3 is 2.74 bits per heavy atom. The highest BCUT2D eigenvalue weighted by Crippen LogP contribution is 2.42. The monoisotopic (exact) mass is 475 g/mol. The number of anilines is 1. The molecule has 0 saturated heterocycles. The summed E-state index contributed by atoms with van der Waals surface area (Å²) in [5, 5.41) is 10.2. The van der Waals surface area contributed by atoms with Gasteiger partial charge in [0.15, 0.2) is 5.43 Å². The number of aromatic nitrogens is 2. The minimum absolute atomic E-state index is 0.0527. The Balaban J connectivity index is 1.70. The number of hydrogen-bond acceptors (Lipinski definition) is 7. The summed E-state index contributed by atoms with van der Waals surface area (Å²) in [5.74, 6) is 0.354. The van der Waals surface area contributed by atoms with Gasteiger partial charge in [-0.1, -0.05) is 55.4 Å². The van der Waals surface area contributed by atoms with Gasteiger partial charge in [0, 0.05) is 0 Å². The maximum absolute atomic E-state index is 13.7. The summed E-state index contributed by atoms with van der Waals surface area (Å²) in [5.41, 5.74) is 2.21. The minimum Gasteiger partial charge on any atom is -0.494 e. The van der Waals surface area contributed by atoms with Crippen molar-refractivity contribution >= 4 is 33.3 Å². The molecule has 0 aliphatic carbocycles. The first kappa shape index (κ1) is 22.3. The quantitative estimate of drug-likeness (QED) is 0.331. The molecule has 1 unspecified atom stereocenters. The topological polar surface area (TPSA) is 85.5 Å². The number of amides is 1. The molecule has 0 bridgehead atoms. The second kappa shape index (κ2) is 9.02. The summed E-state index contributed by atoms with van der Waals surface area (Å²) in [7, 11) is 0. The number of benzene rings is 2. The number of rotatable bonds is 7. The van der Waals surface area contributed by atoms with Crippen molar-refractivity contribution in [2.75, 3.05) is 11.5 Å². The third-order valence-corrected chi connectivity index (χ3v) is 7.00. The van der Waals surface area contributed by atoms with E-state index in [-0.39, 0.29) is 11.2 Å². The van der Waals surface area contributed by atoms with Crippen molar-refractivity contribution in [2.45, 2.75) is 46.1 Å². The van der Waals surface area contributed by atoms with Gasteiger partial charge in [-0.25, -0.2) is 0 Å². The van der Waals surface area contributed by atoms with Crippen LogP contribution in [0.2, 0.25) is 0 Å².